The van der Waals surface area contributed by atoms with E-state index in [0.717, 1.165) is 11.3 Å². The van der Waals surface area contributed by atoms with Crippen molar-refractivity contribution in [2.45, 2.75) is 6.54 Å². The van der Waals surface area contributed by atoms with Crippen LogP contribution in [0.5, 0.6) is 0 Å². The molecule has 0 aliphatic rings. The van der Waals surface area contributed by atoms with E-state index in [1.807, 2.05) is 73.6 Å². The van der Waals surface area contributed by atoms with Crippen LogP contribution in [0.15, 0.2) is 54.6 Å². The molecule has 0 unspecified atom stereocenters. The largest absolute Gasteiger partial charge is 0.378 e. The average Bonchev–Trinajstić information content (AvgIpc) is 2.59. The number of amides is 3. The summed E-state index contributed by atoms with van der Waals surface area (Å²) in [6.45, 7) is 0.330. The summed E-state index contributed by atoms with van der Waals surface area (Å²) in [6, 6.07) is 16.7. The summed E-state index contributed by atoms with van der Waals surface area (Å²) in [6.07, 6.45) is 0. The number of benzene rings is 2. The molecule has 0 saturated carbocycles. The summed E-state index contributed by atoms with van der Waals surface area (Å²) in [7, 11) is 3.90. The quantitative estimate of drug-likeness (QED) is 0.762. The van der Waals surface area contributed by atoms with Crippen LogP contribution in [-0.2, 0) is 11.3 Å². The van der Waals surface area contributed by atoms with Crippen LogP contribution in [0.2, 0.25) is 0 Å². The van der Waals surface area contributed by atoms with E-state index in [1.54, 1.807) is 0 Å². The van der Waals surface area contributed by atoms with Gasteiger partial charge >= 0.3 is 6.03 Å². The van der Waals surface area contributed by atoms with Gasteiger partial charge in [0, 0.05) is 32.0 Å². The Morgan fingerprint density at radius 3 is 2.21 bits per heavy atom. The average molecular weight is 326 g/mol. The molecule has 6 heteroatoms. The van der Waals surface area contributed by atoms with Crippen LogP contribution in [0, 0.1) is 0 Å². The summed E-state index contributed by atoms with van der Waals surface area (Å²) >= 11 is 0. The van der Waals surface area contributed by atoms with Crippen LogP contribution in [0.4, 0.5) is 16.2 Å². The Bertz CT molecular complexity index is 669. The molecule has 2 rings (SSSR count). The monoisotopic (exact) mass is 326 g/mol. The lowest BCUT2D eigenvalue weighted by Crippen LogP contribution is -2.39. The molecule has 6 nitrogen and oxygen atoms in total. The summed E-state index contributed by atoms with van der Waals surface area (Å²) in [5.74, 6) is -0.275. The van der Waals surface area contributed by atoms with Gasteiger partial charge in [0.05, 0.1) is 6.54 Å². The number of urea groups is 1. The molecule has 0 aliphatic carbocycles. The molecule has 0 aromatic heterocycles. The van der Waals surface area contributed by atoms with Gasteiger partial charge in [-0.05, 0) is 29.8 Å². The highest BCUT2D eigenvalue weighted by molar-refractivity contribution is 5.94. The van der Waals surface area contributed by atoms with Gasteiger partial charge < -0.3 is 20.9 Å². The number of anilines is 2. The highest BCUT2D eigenvalue weighted by Crippen LogP contribution is 2.15. The van der Waals surface area contributed by atoms with Gasteiger partial charge in [-0.15, -0.1) is 0 Å². The molecule has 3 N–H and O–H groups in total. The molecule has 3 amide bonds. The van der Waals surface area contributed by atoms with Crippen molar-refractivity contribution in [1.29, 1.82) is 0 Å². The number of hydrogen-bond acceptors (Lipinski definition) is 3. The molecule has 126 valence electrons. The number of carbonyl (C=O) groups excluding carboxylic acids is 2. The third-order valence-electron chi connectivity index (χ3n) is 3.37. The molecule has 0 heterocycles. The third-order valence-corrected chi connectivity index (χ3v) is 3.37. The van der Waals surface area contributed by atoms with Crippen LogP contribution in [-0.4, -0.2) is 32.6 Å². The lowest BCUT2D eigenvalue weighted by atomic mass is 10.2. The maximum atomic E-state index is 11.8. The number of hydrogen-bond donors (Lipinski definition) is 3. The lowest BCUT2D eigenvalue weighted by Gasteiger charge is -2.13. The lowest BCUT2D eigenvalue weighted by molar-refractivity contribution is -0.115. The fourth-order valence-electron chi connectivity index (χ4n) is 2.05. The zero-order valence-corrected chi connectivity index (χ0v) is 13.9. The molecule has 2 aromatic carbocycles. The third kappa shape index (κ3) is 5.64. The van der Waals surface area contributed by atoms with Crippen LogP contribution < -0.4 is 20.9 Å². The van der Waals surface area contributed by atoms with Crippen LogP contribution in [0.3, 0.4) is 0 Å². The van der Waals surface area contributed by atoms with Gasteiger partial charge in [0.1, 0.15) is 0 Å². The van der Waals surface area contributed by atoms with E-state index < -0.39 is 0 Å². The zero-order chi connectivity index (χ0) is 17.4. The van der Waals surface area contributed by atoms with Crippen LogP contribution in [0.25, 0.3) is 0 Å². The van der Waals surface area contributed by atoms with Gasteiger partial charge in [-0.1, -0.05) is 30.3 Å². The van der Waals surface area contributed by atoms with Gasteiger partial charge in [0.2, 0.25) is 5.91 Å². The van der Waals surface area contributed by atoms with E-state index >= 15 is 0 Å². The van der Waals surface area contributed by atoms with E-state index in [0.29, 0.717) is 12.2 Å². The topological polar surface area (TPSA) is 73.5 Å². The highest BCUT2D eigenvalue weighted by atomic mass is 16.2. The normalized spacial score (nSPS) is 9.92. The van der Waals surface area contributed by atoms with Crippen molar-refractivity contribution < 1.29 is 9.59 Å². The maximum absolute atomic E-state index is 11.8. The predicted octanol–water partition coefficient (Wildman–Crippen LogP) is 2.19. The Morgan fingerprint density at radius 2 is 1.58 bits per heavy atom. The Kier molecular flexibility index (Phi) is 6.19. The Labute approximate surface area is 141 Å². The van der Waals surface area contributed by atoms with Crippen molar-refractivity contribution in [2.75, 3.05) is 30.9 Å². The van der Waals surface area contributed by atoms with Gasteiger partial charge in [0.15, 0.2) is 0 Å². The highest BCUT2D eigenvalue weighted by Gasteiger charge is 2.06. The predicted molar refractivity (Wildman–Crippen MR) is 96.1 cm³/mol. The first kappa shape index (κ1) is 17.3. The molecule has 0 aliphatic heterocycles. The van der Waals surface area contributed by atoms with Gasteiger partial charge in [-0.25, -0.2) is 4.79 Å². The first-order chi connectivity index (χ1) is 11.5. The van der Waals surface area contributed by atoms with Crippen molar-refractivity contribution in [3.63, 3.8) is 0 Å². The van der Waals surface area contributed by atoms with Crippen molar-refractivity contribution in [1.82, 2.24) is 10.6 Å². The maximum Gasteiger partial charge on any atom is 0.315 e. The van der Waals surface area contributed by atoms with Crippen LogP contribution >= 0.6 is 0 Å². The Morgan fingerprint density at radius 1 is 0.917 bits per heavy atom. The summed E-state index contributed by atoms with van der Waals surface area (Å²) in [5, 5.41) is 7.97. The second-order valence-corrected chi connectivity index (χ2v) is 5.51. The molecule has 0 radical (unpaired) electrons. The molecule has 0 spiro atoms. The number of nitrogens with zero attached hydrogens (tertiary/aromatic N) is 1. The smallest absolute Gasteiger partial charge is 0.315 e. The van der Waals surface area contributed by atoms with Gasteiger partial charge in [-0.2, -0.15) is 0 Å². The van der Waals surface area contributed by atoms with E-state index in [4.69, 9.17) is 0 Å². The van der Waals surface area contributed by atoms with Gasteiger partial charge in [-0.3, -0.25) is 4.79 Å². The summed E-state index contributed by atoms with van der Waals surface area (Å²) in [5.41, 5.74) is 2.74. The second kappa shape index (κ2) is 8.57. The van der Waals surface area contributed by atoms with Crippen molar-refractivity contribution >= 4 is 23.3 Å². The van der Waals surface area contributed by atoms with E-state index in [-0.39, 0.29) is 18.5 Å². The minimum atomic E-state index is -0.378. The molecule has 0 atom stereocenters. The summed E-state index contributed by atoms with van der Waals surface area (Å²) < 4.78 is 0. The second-order valence-electron chi connectivity index (χ2n) is 5.51. The van der Waals surface area contributed by atoms with Gasteiger partial charge in [0.25, 0.3) is 0 Å². The first-order valence-electron chi connectivity index (χ1n) is 7.67. The molecular formula is C18H22N4O2. The summed E-state index contributed by atoms with van der Waals surface area (Å²) in [4.78, 5) is 25.5. The van der Waals surface area contributed by atoms with E-state index in [9.17, 15) is 9.59 Å². The van der Waals surface area contributed by atoms with E-state index in [1.165, 1.54) is 0 Å². The number of rotatable bonds is 6. The fourth-order valence-corrected chi connectivity index (χ4v) is 2.05. The molecule has 0 bridgehead atoms. The Balaban J connectivity index is 1.71. The molecule has 2 aromatic rings. The molecule has 0 fully saturated rings. The molecular weight excluding hydrogens is 304 g/mol. The van der Waals surface area contributed by atoms with E-state index in [2.05, 4.69) is 16.0 Å². The molecule has 24 heavy (non-hydrogen) atoms. The minimum Gasteiger partial charge on any atom is -0.378 e. The molecule has 0 saturated heterocycles. The minimum absolute atomic E-state index is 0.0872. The van der Waals surface area contributed by atoms with Crippen molar-refractivity contribution in [2.24, 2.45) is 0 Å². The number of nitrogens with one attached hydrogen (secondary N) is 3. The zero-order valence-electron chi connectivity index (χ0n) is 13.9. The Hall–Kier alpha value is -3.02. The van der Waals surface area contributed by atoms with Crippen LogP contribution in [0.1, 0.15) is 5.56 Å². The SMILES string of the molecule is CN(C)c1ccc(NC(=O)CNC(=O)NCc2ccccc2)cc1. The standard InChI is InChI=1S/C18H22N4O2/c1-22(2)16-10-8-15(9-11-16)21-17(23)13-20-18(24)19-12-14-6-4-3-5-7-14/h3-11H,12-13H2,1-2H3,(H,21,23)(H2,19,20,24). The first-order valence-corrected chi connectivity index (χ1v) is 7.67. The number of carbonyl (C=O) groups is 2. The van der Waals surface area contributed by atoms with Crippen molar-refractivity contribution in [3.8, 4) is 0 Å². The van der Waals surface area contributed by atoms with Crippen molar-refractivity contribution in [3.05, 3.63) is 60.2 Å². The fraction of sp³-hybridized carbons (Fsp3) is 0.222.